The predicted molar refractivity (Wildman–Crippen MR) is 151 cm³/mol. The number of nitrogen functional groups attached to an aromatic ring is 1. The van der Waals surface area contributed by atoms with Crippen molar-refractivity contribution in [2.75, 3.05) is 29.5 Å². The summed E-state index contributed by atoms with van der Waals surface area (Å²) in [4.78, 5) is 35.1. The van der Waals surface area contributed by atoms with Crippen LogP contribution in [0.2, 0.25) is 0 Å². The second kappa shape index (κ2) is 13.8. The van der Waals surface area contributed by atoms with Crippen molar-refractivity contribution in [1.29, 1.82) is 0 Å². The molecule has 3 N–H and O–H groups in total. The molecule has 1 aliphatic carbocycles. The first-order valence-corrected chi connectivity index (χ1v) is 15.0. The zero-order valence-electron chi connectivity index (χ0n) is 22.4. The fraction of sp³-hybridized carbons (Fsp3) is 0.586. The summed E-state index contributed by atoms with van der Waals surface area (Å²) in [6.45, 7) is 2.94. The topological polar surface area (TPSA) is 119 Å². The average Bonchev–Trinajstić information content (AvgIpc) is 3.07. The molecule has 1 fully saturated rings. The van der Waals surface area contributed by atoms with Gasteiger partial charge in [-0.1, -0.05) is 62.9 Å². The number of carbonyl (C=O) groups excluding carboxylic acids is 1. The molecule has 0 spiro atoms. The van der Waals surface area contributed by atoms with Crippen LogP contribution in [0, 0.1) is 5.92 Å². The number of nitrogens with two attached hydrogens (primary N) is 1. The number of fused-ring (bicyclic) bond motifs is 1. The van der Waals surface area contributed by atoms with Crippen LogP contribution in [0.25, 0.3) is 0 Å². The van der Waals surface area contributed by atoms with Gasteiger partial charge in [0.05, 0.1) is 6.54 Å². The standard InChI is InChI=1S/C29H40N4O4S/c1-2-3-4-5-6-7-18-38-29-31-26(30)25-27(32-29)37-17-16-33(28(25)36)23-14-12-22(13-15-23)21-10-8-20(9-11-21)19-24(34)35/h12-15,20-21H,2-11,16-19H2,1H3,(H,34,35)(H2,30,31,32). The quantitative estimate of drug-likeness (QED) is 0.183. The molecule has 1 amide bonds. The molecule has 9 heteroatoms. The van der Waals surface area contributed by atoms with E-state index in [4.69, 9.17) is 15.6 Å². The second-order valence-electron chi connectivity index (χ2n) is 10.4. The minimum absolute atomic E-state index is 0.159. The SMILES string of the molecule is CCCCCCCCSc1nc(N)c2c(n1)OCCN(c1ccc(C3CCC(CC(=O)O)CC3)cc1)C2=O. The van der Waals surface area contributed by atoms with E-state index in [0.717, 1.165) is 43.5 Å². The predicted octanol–water partition coefficient (Wildman–Crippen LogP) is 6.30. The lowest BCUT2D eigenvalue weighted by Crippen LogP contribution is -2.32. The molecule has 2 aromatic rings. The summed E-state index contributed by atoms with van der Waals surface area (Å²) in [6.07, 6.45) is 11.5. The Labute approximate surface area is 229 Å². The number of unbranched alkanes of at least 4 members (excludes halogenated alkanes) is 5. The number of carbonyl (C=O) groups is 2. The Bertz CT molecular complexity index is 1090. The Balaban J connectivity index is 1.37. The zero-order valence-corrected chi connectivity index (χ0v) is 23.2. The summed E-state index contributed by atoms with van der Waals surface area (Å²) in [6, 6.07) is 8.12. The molecule has 2 aliphatic rings. The number of amides is 1. The Morgan fingerprint density at radius 2 is 1.79 bits per heavy atom. The van der Waals surface area contributed by atoms with E-state index in [9.17, 15) is 9.59 Å². The molecule has 4 rings (SSSR count). The molecule has 1 aromatic carbocycles. The highest BCUT2D eigenvalue weighted by Gasteiger charge is 2.30. The summed E-state index contributed by atoms with van der Waals surface area (Å²) in [5.74, 6) is 1.09. The fourth-order valence-corrected chi connectivity index (χ4v) is 6.28. The summed E-state index contributed by atoms with van der Waals surface area (Å²) >= 11 is 1.56. The van der Waals surface area contributed by atoms with Gasteiger partial charge in [-0.2, -0.15) is 4.98 Å². The van der Waals surface area contributed by atoms with Crippen molar-refractivity contribution in [3.8, 4) is 5.88 Å². The summed E-state index contributed by atoms with van der Waals surface area (Å²) in [5.41, 5.74) is 8.51. The van der Waals surface area contributed by atoms with Gasteiger partial charge in [0.25, 0.3) is 5.91 Å². The number of hydrogen-bond acceptors (Lipinski definition) is 7. The van der Waals surface area contributed by atoms with Crippen LogP contribution >= 0.6 is 11.8 Å². The lowest BCUT2D eigenvalue weighted by Gasteiger charge is -2.28. The molecule has 1 aliphatic heterocycles. The minimum Gasteiger partial charge on any atom is -0.481 e. The van der Waals surface area contributed by atoms with Gasteiger partial charge in [0, 0.05) is 17.9 Å². The van der Waals surface area contributed by atoms with Gasteiger partial charge in [0.1, 0.15) is 18.0 Å². The molecule has 8 nitrogen and oxygen atoms in total. The number of rotatable bonds is 12. The molecule has 0 atom stereocenters. The van der Waals surface area contributed by atoms with E-state index >= 15 is 0 Å². The number of carboxylic acids is 1. The molecule has 1 saturated carbocycles. The van der Waals surface area contributed by atoms with Crippen molar-refractivity contribution in [3.63, 3.8) is 0 Å². The van der Waals surface area contributed by atoms with Gasteiger partial charge in [-0.25, -0.2) is 4.98 Å². The number of carboxylic acid groups (broad SMARTS) is 1. The number of benzene rings is 1. The largest absolute Gasteiger partial charge is 0.481 e. The number of anilines is 2. The summed E-state index contributed by atoms with van der Waals surface area (Å²) in [7, 11) is 0. The molecule has 2 heterocycles. The number of aliphatic carboxylic acids is 1. The first-order valence-electron chi connectivity index (χ1n) is 14.0. The maximum Gasteiger partial charge on any atom is 0.303 e. The molecule has 1 aromatic heterocycles. The third kappa shape index (κ3) is 7.40. The van der Waals surface area contributed by atoms with Crippen LogP contribution in [-0.2, 0) is 4.79 Å². The summed E-state index contributed by atoms with van der Waals surface area (Å²) < 4.78 is 5.87. The van der Waals surface area contributed by atoms with Crippen LogP contribution in [0.3, 0.4) is 0 Å². The second-order valence-corrected chi connectivity index (χ2v) is 11.5. The van der Waals surface area contributed by atoms with Crippen LogP contribution in [0.1, 0.15) is 99.4 Å². The lowest BCUT2D eigenvalue weighted by molar-refractivity contribution is -0.138. The van der Waals surface area contributed by atoms with Gasteiger partial charge in [0.15, 0.2) is 5.16 Å². The van der Waals surface area contributed by atoms with Gasteiger partial charge in [0.2, 0.25) is 5.88 Å². The lowest BCUT2D eigenvalue weighted by atomic mass is 9.77. The molecular weight excluding hydrogens is 500 g/mol. The first kappa shape index (κ1) is 28.2. The Kier molecular flexibility index (Phi) is 10.3. The fourth-order valence-electron chi connectivity index (χ4n) is 5.44. The van der Waals surface area contributed by atoms with Gasteiger partial charge in [-0.15, -0.1) is 0 Å². The molecule has 0 radical (unpaired) electrons. The Morgan fingerprint density at radius 1 is 1.08 bits per heavy atom. The van der Waals surface area contributed by atoms with E-state index in [-0.39, 0.29) is 35.5 Å². The normalized spacial score (nSPS) is 19.5. The molecule has 0 saturated heterocycles. The number of nitrogens with zero attached hydrogens (tertiary/aromatic N) is 3. The number of hydrogen-bond donors (Lipinski definition) is 2. The maximum absolute atomic E-state index is 13.5. The van der Waals surface area contributed by atoms with Crippen molar-refractivity contribution >= 4 is 35.1 Å². The smallest absolute Gasteiger partial charge is 0.303 e. The first-order chi connectivity index (χ1) is 18.5. The van der Waals surface area contributed by atoms with Crippen molar-refractivity contribution in [3.05, 3.63) is 35.4 Å². The van der Waals surface area contributed by atoms with Crippen LogP contribution in [0.15, 0.2) is 29.4 Å². The van der Waals surface area contributed by atoms with E-state index in [1.807, 2.05) is 12.1 Å². The van der Waals surface area contributed by atoms with E-state index in [1.165, 1.54) is 37.7 Å². The van der Waals surface area contributed by atoms with E-state index in [0.29, 0.717) is 24.2 Å². The van der Waals surface area contributed by atoms with Crippen LogP contribution in [0.4, 0.5) is 11.5 Å². The van der Waals surface area contributed by atoms with Crippen LogP contribution in [0.5, 0.6) is 5.88 Å². The highest BCUT2D eigenvalue weighted by Crippen LogP contribution is 2.38. The Morgan fingerprint density at radius 3 is 2.50 bits per heavy atom. The van der Waals surface area contributed by atoms with Gasteiger partial charge in [-0.05, 0) is 61.6 Å². The Hall–Kier alpha value is -2.81. The monoisotopic (exact) mass is 540 g/mol. The van der Waals surface area contributed by atoms with Crippen molar-refractivity contribution in [2.24, 2.45) is 5.92 Å². The van der Waals surface area contributed by atoms with E-state index < -0.39 is 5.97 Å². The van der Waals surface area contributed by atoms with E-state index in [2.05, 4.69) is 29.0 Å². The number of ether oxygens (including phenoxy) is 1. The minimum atomic E-state index is -0.709. The highest BCUT2D eigenvalue weighted by atomic mass is 32.2. The molecule has 206 valence electrons. The number of aromatic nitrogens is 2. The molecule has 0 unspecified atom stereocenters. The van der Waals surface area contributed by atoms with Crippen molar-refractivity contribution < 1.29 is 19.4 Å². The third-order valence-corrected chi connectivity index (χ3v) is 8.54. The van der Waals surface area contributed by atoms with Crippen LogP contribution < -0.4 is 15.4 Å². The molecule has 38 heavy (non-hydrogen) atoms. The average molecular weight is 541 g/mol. The van der Waals surface area contributed by atoms with Crippen LogP contribution in [-0.4, -0.2) is 45.9 Å². The van der Waals surface area contributed by atoms with E-state index in [1.54, 1.807) is 16.7 Å². The van der Waals surface area contributed by atoms with Gasteiger partial charge < -0.3 is 20.5 Å². The van der Waals surface area contributed by atoms with Crippen molar-refractivity contribution in [1.82, 2.24) is 9.97 Å². The maximum atomic E-state index is 13.5. The molecular formula is C29H40N4O4S. The highest BCUT2D eigenvalue weighted by molar-refractivity contribution is 7.99. The zero-order chi connectivity index (χ0) is 26.9. The summed E-state index contributed by atoms with van der Waals surface area (Å²) in [5, 5.41) is 9.61. The van der Waals surface area contributed by atoms with Gasteiger partial charge in [-0.3, -0.25) is 9.59 Å². The molecule has 0 bridgehead atoms. The number of thioether (sulfide) groups is 1. The van der Waals surface area contributed by atoms with Crippen molar-refractivity contribution in [2.45, 2.75) is 88.6 Å². The van der Waals surface area contributed by atoms with Gasteiger partial charge >= 0.3 is 5.97 Å². The third-order valence-electron chi connectivity index (χ3n) is 7.61.